The molecule has 1 heterocycles. The molecule has 2 atom stereocenters. The lowest BCUT2D eigenvalue weighted by molar-refractivity contribution is -0.159. The number of piperazine rings is 1. The second kappa shape index (κ2) is 6.37. The zero-order chi connectivity index (χ0) is 15.6. The molecule has 1 aliphatic heterocycles. The van der Waals surface area contributed by atoms with E-state index in [2.05, 4.69) is 12.2 Å². The van der Waals surface area contributed by atoms with Gasteiger partial charge in [0.25, 0.3) is 0 Å². The van der Waals surface area contributed by atoms with E-state index in [0.29, 0.717) is 5.92 Å². The van der Waals surface area contributed by atoms with Crippen molar-refractivity contribution in [2.45, 2.75) is 77.8 Å². The molecule has 120 valence electrons. The third-order valence-electron chi connectivity index (χ3n) is 5.11. The second-order valence-corrected chi connectivity index (χ2v) is 7.17. The minimum Gasteiger partial charge on any atom is -0.342 e. The first-order valence-corrected chi connectivity index (χ1v) is 8.55. The van der Waals surface area contributed by atoms with E-state index in [0.717, 1.165) is 32.2 Å². The minimum atomic E-state index is -0.616. The maximum absolute atomic E-state index is 12.8. The fourth-order valence-electron chi connectivity index (χ4n) is 3.41. The van der Waals surface area contributed by atoms with Gasteiger partial charge in [0.05, 0.1) is 0 Å². The Labute approximate surface area is 128 Å². The van der Waals surface area contributed by atoms with E-state index in [9.17, 15) is 9.59 Å². The number of carbonyl (C=O) groups excluding carboxylic acids is 2. The van der Waals surface area contributed by atoms with Crippen LogP contribution in [0.5, 0.6) is 0 Å². The molecule has 2 amide bonds. The van der Waals surface area contributed by atoms with Crippen molar-refractivity contribution in [1.29, 1.82) is 0 Å². The summed E-state index contributed by atoms with van der Waals surface area (Å²) in [4.78, 5) is 27.4. The van der Waals surface area contributed by atoms with Gasteiger partial charge in [0, 0.05) is 6.54 Å². The molecule has 4 heteroatoms. The molecule has 1 saturated heterocycles. The summed E-state index contributed by atoms with van der Waals surface area (Å²) < 4.78 is 0. The summed E-state index contributed by atoms with van der Waals surface area (Å²) in [5.41, 5.74) is -0.616. The number of rotatable bonds is 7. The predicted octanol–water partition coefficient (Wildman–Crippen LogP) is 2.72. The Balaban J connectivity index is 2.14. The maximum Gasteiger partial charge on any atom is 0.246 e. The van der Waals surface area contributed by atoms with Gasteiger partial charge < -0.3 is 10.2 Å². The van der Waals surface area contributed by atoms with E-state index in [4.69, 9.17) is 0 Å². The van der Waals surface area contributed by atoms with Gasteiger partial charge in [-0.1, -0.05) is 40.0 Å². The van der Waals surface area contributed by atoms with Crippen LogP contribution in [-0.4, -0.2) is 34.8 Å². The van der Waals surface area contributed by atoms with Crippen LogP contribution in [-0.2, 0) is 9.59 Å². The molecular formula is C17H30N2O2. The van der Waals surface area contributed by atoms with E-state index in [1.54, 1.807) is 0 Å². The fraction of sp³-hybridized carbons (Fsp3) is 0.882. The summed E-state index contributed by atoms with van der Waals surface area (Å²) in [7, 11) is 0. The number of nitrogens with one attached hydrogen (secondary N) is 1. The Morgan fingerprint density at radius 1 is 1.24 bits per heavy atom. The predicted molar refractivity (Wildman–Crippen MR) is 83.8 cm³/mol. The van der Waals surface area contributed by atoms with E-state index < -0.39 is 5.54 Å². The van der Waals surface area contributed by atoms with E-state index >= 15 is 0 Å². The molecule has 0 radical (unpaired) electrons. The highest BCUT2D eigenvalue weighted by atomic mass is 16.2. The van der Waals surface area contributed by atoms with Gasteiger partial charge in [-0.2, -0.15) is 0 Å². The molecule has 1 N–H and O–H groups in total. The van der Waals surface area contributed by atoms with Crippen LogP contribution in [0.3, 0.4) is 0 Å². The van der Waals surface area contributed by atoms with Gasteiger partial charge in [-0.05, 0) is 38.0 Å². The highest BCUT2D eigenvalue weighted by Crippen LogP contribution is 2.45. The molecule has 0 bridgehead atoms. The highest BCUT2D eigenvalue weighted by Gasteiger charge is 2.57. The quantitative estimate of drug-likeness (QED) is 0.734. The Morgan fingerprint density at radius 2 is 1.90 bits per heavy atom. The summed E-state index contributed by atoms with van der Waals surface area (Å²) in [6.45, 7) is 8.87. The molecule has 2 rings (SSSR count). The standard InChI is InChI=1S/C17H30N2O2/c1-5-6-7-8-11-19-15(20)14(12(2)3)18-16(21)17(19,4)13-9-10-13/h12-14H,5-11H2,1-4H3,(H,18,21). The molecule has 2 fully saturated rings. The molecule has 0 spiro atoms. The molecule has 0 aromatic rings. The first-order valence-electron chi connectivity index (χ1n) is 8.55. The third-order valence-corrected chi connectivity index (χ3v) is 5.11. The SMILES string of the molecule is CCCCCCN1C(=O)C(C(C)C)NC(=O)C1(C)C1CC1. The normalized spacial score (nSPS) is 30.0. The van der Waals surface area contributed by atoms with Crippen LogP contribution in [0.2, 0.25) is 0 Å². The van der Waals surface area contributed by atoms with Gasteiger partial charge in [-0.3, -0.25) is 9.59 Å². The highest BCUT2D eigenvalue weighted by molar-refractivity contribution is 6.00. The lowest BCUT2D eigenvalue weighted by atomic mass is 9.85. The average Bonchev–Trinajstić information content (AvgIpc) is 3.26. The number of amides is 2. The smallest absolute Gasteiger partial charge is 0.246 e. The van der Waals surface area contributed by atoms with Crippen LogP contribution < -0.4 is 5.32 Å². The Hall–Kier alpha value is -1.06. The van der Waals surface area contributed by atoms with E-state index in [-0.39, 0.29) is 23.8 Å². The molecule has 0 aromatic heterocycles. The molecule has 1 saturated carbocycles. The number of hydrogen-bond acceptors (Lipinski definition) is 2. The van der Waals surface area contributed by atoms with Crippen molar-refractivity contribution < 1.29 is 9.59 Å². The summed E-state index contributed by atoms with van der Waals surface area (Å²) in [6.07, 6.45) is 6.64. The van der Waals surface area contributed by atoms with Crippen molar-refractivity contribution in [3.63, 3.8) is 0 Å². The van der Waals surface area contributed by atoms with E-state index in [1.807, 2.05) is 25.7 Å². The lowest BCUT2D eigenvalue weighted by Gasteiger charge is -2.47. The zero-order valence-electron chi connectivity index (χ0n) is 13.9. The van der Waals surface area contributed by atoms with Crippen LogP contribution >= 0.6 is 0 Å². The lowest BCUT2D eigenvalue weighted by Crippen LogP contribution is -2.71. The molecular weight excluding hydrogens is 264 g/mol. The third kappa shape index (κ3) is 3.09. The number of nitrogens with zero attached hydrogens (tertiary/aromatic N) is 1. The topological polar surface area (TPSA) is 49.4 Å². The van der Waals surface area contributed by atoms with Crippen molar-refractivity contribution in [2.75, 3.05) is 6.54 Å². The van der Waals surface area contributed by atoms with E-state index in [1.165, 1.54) is 12.8 Å². The first kappa shape index (κ1) is 16.3. The van der Waals surface area contributed by atoms with Crippen LogP contribution in [0, 0.1) is 11.8 Å². The van der Waals surface area contributed by atoms with Gasteiger partial charge in [-0.25, -0.2) is 0 Å². The van der Waals surface area contributed by atoms with Crippen LogP contribution in [0.4, 0.5) is 0 Å². The average molecular weight is 294 g/mol. The number of carbonyl (C=O) groups is 2. The van der Waals surface area contributed by atoms with Gasteiger partial charge >= 0.3 is 0 Å². The fourth-order valence-corrected chi connectivity index (χ4v) is 3.41. The van der Waals surface area contributed by atoms with Gasteiger partial charge in [0.1, 0.15) is 11.6 Å². The molecule has 2 aliphatic rings. The van der Waals surface area contributed by atoms with Crippen LogP contribution in [0.15, 0.2) is 0 Å². The van der Waals surface area contributed by atoms with Crippen LogP contribution in [0.25, 0.3) is 0 Å². The van der Waals surface area contributed by atoms with Crippen molar-refractivity contribution in [2.24, 2.45) is 11.8 Å². The van der Waals surface area contributed by atoms with Crippen LogP contribution in [0.1, 0.15) is 66.2 Å². The van der Waals surface area contributed by atoms with Gasteiger partial charge in [0.15, 0.2) is 0 Å². The largest absolute Gasteiger partial charge is 0.342 e. The van der Waals surface area contributed by atoms with Crippen molar-refractivity contribution >= 4 is 11.8 Å². The summed E-state index contributed by atoms with van der Waals surface area (Å²) >= 11 is 0. The molecule has 1 aliphatic carbocycles. The number of hydrogen-bond donors (Lipinski definition) is 1. The molecule has 21 heavy (non-hydrogen) atoms. The number of unbranched alkanes of at least 4 members (excludes halogenated alkanes) is 3. The maximum atomic E-state index is 12.8. The van der Waals surface area contributed by atoms with Crippen molar-refractivity contribution in [3.05, 3.63) is 0 Å². The monoisotopic (exact) mass is 294 g/mol. The second-order valence-electron chi connectivity index (χ2n) is 7.17. The molecule has 0 aromatic carbocycles. The first-order chi connectivity index (χ1) is 9.92. The summed E-state index contributed by atoms with van der Waals surface area (Å²) in [6, 6.07) is -0.351. The molecule has 4 nitrogen and oxygen atoms in total. The Bertz CT molecular complexity index is 404. The minimum absolute atomic E-state index is 0.0544. The molecule has 2 unspecified atom stereocenters. The Kier molecular flexibility index (Phi) is 4.95. The van der Waals surface area contributed by atoms with Crippen molar-refractivity contribution in [3.8, 4) is 0 Å². The zero-order valence-corrected chi connectivity index (χ0v) is 13.9. The summed E-state index contributed by atoms with van der Waals surface area (Å²) in [5, 5.41) is 2.98. The van der Waals surface area contributed by atoms with Gasteiger partial charge in [0.2, 0.25) is 11.8 Å². The van der Waals surface area contributed by atoms with Gasteiger partial charge in [-0.15, -0.1) is 0 Å². The summed E-state index contributed by atoms with van der Waals surface area (Å²) in [5.74, 6) is 0.665. The van der Waals surface area contributed by atoms with Crippen molar-refractivity contribution in [1.82, 2.24) is 10.2 Å². The Morgan fingerprint density at radius 3 is 2.43 bits per heavy atom.